The molecule has 0 aliphatic carbocycles. The van der Waals surface area contributed by atoms with Crippen LogP contribution in [0.25, 0.3) is 0 Å². The number of hydrogen-bond donors (Lipinski definition) is 0. The van der Waals surface area contributed by atoms with Crippen molar-refractivity contribution in [3.8, 4) is 0 Å². The number of benzene rings is 6. The third-order valence-corrected chi connectivity index (χ3v) is 9.22. The van der Waals surface area contributed by atoms with Crippen LogP contribution in [0, 0.1) is 0 Å². The van der Waals surface area contributed by atoms with Crippen LogP contribution in [-0.4, -0.2) is 11.8 Å². The molecule has 4 nitrogen and oxygen atoms in total. The zero-order valence-electron chi connectivity index (χ0n) is 27.0. The van der Waals surface area contributed by atoms with E-state index >= 15 is 0 Å². The van der Waals surface area contributed by atoms with Crippen LogP contribution < -0.4 is 34.0 Å². The van der Waals surface area contributed by atoms with Gasteiger partial charge >= 0.3 is 20.4 Å². The SMILES string of the molecule is [Br-].[Br-].[Pd+2].c1ccc([C@H]2N=C(CC3=N[C@H](c4ccccc4)C(c4ccccc4)(c4ccccc4)O3)OC2(c2ccccc2)c2ccccc2)cc1. The maximum absolute atomic E-state index is 7.16. The molecule has 0 bridgehead atoms. The van der Waals surface area contributed by atoms with Crippen LogP contribution in [-0.2, 0) is 41.1 Å². The average molecular weight is 877 g/mol. The second kappa shape index (κ2) is 16.3. The molecular formula is C43H34Br2N2O2Pd. The molecule has 0 saturated carbocycles. The third kappa shape index (κ3) is 6.68. The largest absolute Gasteiger partial charge is 2.00 e. The van der Waals surface area contributed by atoms with E-state index in [1.807, 2.05) is 36.4 Å². The van der Waals surface area contributed by atoms with Crippen molar-refractivity contribution in [2.75, 3.05) is 0 Å². The van der Waals surface area contributed by atoms with Crippen LogP contribution in [0.1, 0.15) is 51.9 Å². The quantitative estimate of drug-likeness (QED) is 0.220. The fourth-order valence-electron chi connectivity index (χ4n) is 7.13. The molecule has 0 saturated heterocycles. The molecule has 6 aromatic carbocycles. The molecule has 0 aromatic heterocycles. The van der Waals surface area contributed by atoms with E-state index in [2.05, 4.69) is 146 Å². The Labute approximate surface area is 328 Å². The summed E-state index contributed by atoms with van der Waals surface area (Å²) in [6, 6.07) is 61.9. The van der Waals surface area contributed by atoms with E-state index in [1.54, 1.807) is 0 Å². The molecule has 6 aromatic rings. The summed E-state index contributed by atoms with van der Waals surface area (Å²) in [5, 5.41) is 0. The Morgan fingerprint density at radius 2 is 0.620 bits per heavy atom. The van der Waals surface area contributed by atoms with Crippen molar-refractivity contribution in [1.82, 2.24) is 0 Å². The van der Waals surface area contributed by atoms with Gasteiger partial charge in [0.25, 0.3) is 0 Å². The van der Waals surface area contributed by atoms with E-state index in [1.165, 1.54) is 0 Å². The van der Waals surface area contributed by atoms with Gasteiger partial charge in [-0.1, -0.05) is 182 Å². The zero-order valence-corrected chi connectivity index (χ0v) is 31.7. The number of halogens is 2. The molecule has 0 fully saturated rings. The van der Waals surface area contributed by atoms with Gasteiger partial charge in [-0.2, -0.15) is 0 Å². The Kier molecular flexibility index (Phi) is 12.1. The number of ether oxygens (including phenoxy) is 2. The van der Waals surface area contributed by atoms with E-state index in [-0.39, 0.29) is 66.5 Å². The normalized spacial score (nSPS) is 18.1. The third-order valence-electron chi connectivity index (χ3n) is 9.22. The molecule has 0 N–H and O–H groups in total. The predicted molar refractivity (Wildman–Crippen MR) is 187 cm³/mol. The summed E-state index contributed by atoms with van der Waals surface area (Å²) in [7, 11) is 0. The first-order valence-corrected chi connectivity index (χ1v) is 16.1. The zero-order chi connectivity index (χ0) is 31.5. The summed E-state index contributed by atoms with van der Waals surface area (Å²) < 4.78 is 14.3. The summed E-state index contributed by atoms with van der Waals surface area (Å²) in [5.74, 6) is 1.18. The van der Waals surface area contributed by atoms with Crippen LogP contribution in [0.15, 0.2) is 192 Å². The minimum Gasteiger partial charge on any atom is -1.00 e. The topological polar surface area (TPSA) is 43.2 Å². The van der Waals surface area contributed by atoms with Gasteiger partial charge in [0.2, 0.25) is 0 Å². The molecule has 252 valence electrons. The van der Waals surface area contributed by atoms with Crippen molar-refractivity contribution >= 4 is 11.8 Å². The van der Waals surface area contributed by atoms with Crippen molar-refractivity contribution in [1.29, 1.82) is 0 Å². The molecular weight excluding hydrogens is 843 g/mol. The molecule has 0 unspecified atom stereocenters. The predicted octanol–water partition coefficient (Wildman–Crippen LogP) is 3.61. The Balaban J connectivity index is 0.00000162. The molecule has 0 spiro atoms. The molecule has 7 heteroatoms. The summed E-state index contributed by atoms with van der Waals surface area (Å²) in [4.78, 5) is 10.7. The first kappa shape index (κ1) is 37.1. The van der Waals surface area contributed by atoms with Gasteiger partial charge in [0.1, 0.15) is 12.1 Å². The minimum absolute atomic E-state index is 0. The standard InChI is InChI=1S/C43H34N2O2.2BrH.Pd/c1-7-19-32(20-8-1)40-42(34-23-11-3-12-24-34,35-25-13-4-14-26-35)46-38(44-40)31-39-45-41(33-21-9-2-10-22-33)43(47-39,36-27-15-5-16-28-36)37-29-17-6-18-30-37;;;/h1-30,40-41H,31H2;2*1H;/q;;;+2/p-2/t40-,41-;;;/m1.../s1. The molecule has 8 rings (SSSR count). The first-order valence-electron chi connectivity index (χ1n) is 16.1. The van der Waals surface area contributed by atoms with E-state index in [9.17, 15) is 0 Å². The van der Waals surface area contributed by atoms with Gasteiger partial charge in [0, 0.05) is 22.3 Å². The van der Waals surface area contributed by atoms with Gasteiger partial charge in [0.15, 0.2) is 23.0 Å². The molecule has 2 aliphatic heterocycles. The van der Waals surface area contributed by atoms with Crippen molar-refractivity contribution in [2.24, 2.45) is 9.98 Å². The smallest absolute Gasteiger partial charge is 1.00 e. The van der Waals surface area contributed by atoms with Gasteiger partial charge in [-0.05, 0) is 11.1 Å². The average Bonchev–Trinajstić information content (AvgIpc) is 3.74. The number of rotatable bonds is 8. The monoisotopic (exact) mass is 874 g/mol. The van der Waals surface area contributed by atoms with Crippen LogP contribution in [0.4, 0.5) is 0 Å². The van der Waals surface area contributed by atoms with Crippen molar-refractivity contribution in [3.63, 3.8) is 0 Å². The van der Waals surface area contributed by atoms with E-state index in [0.29, 0.717) is 18.2 Å². The maximum Gasteiger partial charge on any atom is 2.00 e. The fourth-order valence-corrected chi connectivity index (χ4v) is 7.13. The first-order chi connectivity index (χ1) is 23.3. The molecule has 0 radical (unpaired) electrons. The van der Waals surface area contributed by atoms with Gasteiger partial charge in [0.05, 0.1) is 6.42 Å². The van der Waals surface area contributed by atoms with Gasteiger partial charge in [-0.25, -0.2) is 9.98 Å². The fraction of sp³-hybridized carbons (Fsp3) is 0.116. The van der Waals surface area contributed by atoms with E-state index < -0.39 is 11.2 Å². The minimum atomic E-state index is -0.868. The molecule has 2 atom stereocenters. The Morgan fingerprint density at radius 1 is 0.380 bits per heavy atom. The Morgan fingerprint density at radius 3 is 0.880 bits per heavy atom. The Bertz CT molecular complexity index is 1790. The van der Waals surface area contributed by atoms with Crippen LogP contribution >= 0.6 is 0 Å². The van der Waals surface area contributed by atoms with Gasteiger partial charge in [-0.15, -0.1) is 0 Å². The van der Waals surface area contributed by atoms with Crippen LogP contribution in [0.5, 0.6) is 0 Å². The maximum atomic E-state index is 7.16. The summed E-state index contributed by atoms with van der Waals surface area (Å²) in [5.41, 5.74) is 4.58. The van der Waals surface area contributed by atoms with Crippen molar-refractivity contribution in [3.05, 3.63) is 215 Å². The summed E-state index contributed by atoms with van der Waals surface area (Å²) >= 11 is 0. The van der Waals surface area contributed by atoms with Gasteiger partial charge in [-0.3, -0.25) is 0 Å². The van der Waals surface area contributed by atoms with E-state index in [0.717, 1.165) is 33.4 Å². The molecule has 50 heavy (non-hydrogen) atoms. The van der Waals surface area contributed by atoms with Crippen molar-refractivity contribution < 1.29 is 63.9 Å². The second-order valence-corrected chi connectivity index (χ2v) is 12.0. The number of hydrogen-bond acceptors (Lipinski definition) is 4. The molecule has 2 heterocycles. The summed E-state index contributed by atoms with van der Waals surface area (Å²) in [6.07, 6.45) is 0.315. The van der Waals surface area contributed by atoms with Gasteiger partial charge < -0.3 is 43.4 Å². The molecule has 0 amide bonds. The van der Waals surface area contributed by atoms with Crippen LogP contribution in [0.3, 0.4) is 0 Å². The number of aliphatic imine (C=N–C) groups is 2. The van der Waals surface area contributed by atoms with Crippen molar-refractivity contribution in [2.45, 2.75) is 29.7 Å². The second-order valence-electron chi connectivity index (χ2n) is 12.0. The van der Waals surface area contributed by atoms with E-state index in [4.69, 9.17) is 19.5 Å². The van der Waals surface area contributed by atoms with Crippen LogP contribution in [0.2, 0.25) is 0 Å². The Hall–Kier alpha value is -4.12. The summed E-state index contributed by atoms with van der Waals surface area (Å²) in [6.45, 7) is 0. The molecule has 2 aliphatic rings. The number of nitrogens with zero attached hydrogens (tertiary/aromatic N) is 2.